The summed E-state index contributed by atoms with van der Waals surface area (Å²) in [5, 5.41) is 15.7. The molecule has 7 nitrogen and oxygen atoms in total. The highest BCUT2D eigenvalue weighted by atomic mass is 32.1. The number of nitrogens with zero attached hydrogens (tertiary/aromatic N) is 4. The molecular weight excluding hydrogens is 348 g/mol. The van der Waals surface area contributed by atoms with Gasteiger partial charge in [-0.15, -0.1) is 11.3 Å². The van der Waals surface area contributed by atoms with Crippen molar-refractivity contribution >= 4 is 33.3 Å². The first-order valence-corrected chi connectivity index (χ1v) is 8.94. The second kappa shape index (κ2) is 7.45. The van der Waals surface area contributed by atoms with Crippen molar-refractivity contribution in [2.75, 3.05) is 18.4 Å². The molecule has 26 heavy (non-hydrogen) atoms. The van der Waals surface area contributed by atoms with E-state index in [1.807, 2.05) is 26.8 Å². The predicted octanol–water partition coefficient (Wildman–Crippen LogP) is 2.73. The van der Waals surface area contributed by atoms with E-state index in [4.69, 9.17) is 5.26 Å². The molecule has 0 aliphatic heterocycles. The minimum absolute atomic E-state index is 0.114. The topological polar surface area (TPSA) is 104 Å². The molecule has 0 aromatic carbocycles. The fourth-order valence-corrected chi connectivity index (χ4v) is 3.90. The fourth-order valence-electron chi connectivity index (χ4n) is 2.70. The SMILES string of the molecule is Cc1nc(C)c2c(C)c(C(=O)NCCNc3ccc(C#N)cn3)sc2n1. The standard InChI is InChI=1S/C18H18N6OS/c1-10-15-11(2)23-12(3)24-18(15)26-16(10)17(25)21-7-6-20-14-5-4-13(8-19)9-22-14/h4-5,9H,6-7H2,1-3H3,(H,20,22)(H,21,25). The van der Waals surface area contributed by atoms with Crippen LogP contribution >= 0.6 is 11.3 Å². The van der Waals surface area contributed by atoms with Crippen LogP contribution in [0.5, 0.6) is 0 Å². The van der Waals surface area contributed by atoms with Crippen LogP contribution in [0.4, 0.5) is 5.82 Å². The molecule has 0 bridgehead atoms. The summed E-state index contributed by atoms with van der Waals surface area (Å²) in [4.78, 5) is 27.0. The molecule has 0 saturated heterocycles. The largest absolute Gasteiger partial charge is 0.368 e. The lowest BCUT2D eigenvalue weighted by Gasteiger charge is -2.07. The van der Waals surface area contributed by atoms with E-state index < -0.39 is 0 Å². The van der Waals surface area contributed by atoms with E-state index in [0.29, 0.717) is 35.2 Å². The Hall–Kier alpha value is -3.05. The van der Waals surface area contributed by atoms with Crippen LogP contribution in [-0.4, -0.2) is 33.9 Å². The number of anilines is 1. The molecule has 3 rings (SSSR count). The van der Waals surface area contributed by atoms with Gasteiger partial charge in [0.25, 0.3) is 5.91 Å². The van der Waals surface area contributed by atoms with Crippen LogP contribution in [0.3, 0.4) is 0 Å². The van der Waals surface area contributed by atoms with E-state index in [9.17, 15) is 4.79 Å². The fraction of sp³-hybridized carbons (Fsp3) is 0.278. The van der Waals surface area contributed by atoms with E-state index in [-0.39, 0.29) is 5.91 Å². The van der Waals surface area contributed by atoms with E-state index in [2.05, 4.69) is 25.6 Å². The van der Waals surface area contributed by atoms with Crippen molar-refractivity contribution in [3.8, 4) is 6.07 Å². The Morgan fingerprint density at radius 1 is 1.23 bits per heavy atom. The Bertz CT molecular complexity index is 1000. The summed E-state index contributed by atoms with van der Waals surface area (Å²) in [6.07, 6.45) is 1.51. The molecule has 0 radical (unpaired) electrons. The van der Waals surface area contributed by atoms with Crippen LogP contribution in [0.15, 0.2) is 18.3 Å². The number of fused-ring (bicyclic) bond motifs is 1. The first-order valence-electron chi connectivity index (χ1n) is 8.12. The number of pyridine rings is 1. The Labute approximate surface area is 155 Å². The molecule has 0 aliphatic carbocycles. The van der Waals surface area contributed by atoms with Gasteiger partial charge in [0.2, 0.25) is 0 Å². The van der Waals surface area contributed by atoms with Gasteiger partial charge in [0.05, 0.1) is 10.4 Å². The average Bonchev–Trinajstić information content (AvgIpc) is 2.95. The highest BCUT2D eigenvalue weighted by molar-refractivity contribution is 7.20. The van der Waals surface area contributed by atoms with Gasteiger partial charge in [0.15, 0.2) is 0 Å². The van der Waals surface area contributed by atoms with E-state index >= 15 is 0 Å². The van der Waals surface area contributed by atoms with E-state index in [1.54, 1.807) is 12.1 Å². The van der Waals surface area contributed by atoms with Crippen LogP contribution < -0.4 is 10.6 Å². The second-order valence-corrected chi connectivity index (χ2v) is 6.82. The third-order valence-electron chi connectivity index (χ3n) is 3.90. The lowest BCUT2D eigenvalue weighted by molar-refractivity contribution is 0.0959. The maximum atomic E-state index is 12.5. The molecule has 3 heterocycles. The first kappa shape index (κ1) is 17.8. The minimum atomic E-state index is -0.114. The first-order chi connectivity index (χ1) is 12.5. The maximum Gasteiger partial charge on any atom is 0.261 e. The molecule has 3 aromatic rings. The summed E-state index contributed by atoms with van der Waals surface area (Å²) in [5.74, 6) is 1.26. The lowest BCUT2D eigenvalue weighted by Crippen LogP contribution is -2.28. The summed E-state index contributed by atoms with van der Waals surface area (Å²) in [7, 11) is 0. The number of amides is 1. The molecule has 0 saturated carbocycles. The van der Waals surface area contributed by atoms with E-state index in [1.165, 1.54) is 17.5 Å². The number of thiophene rings is 1. The highest BCUT2D eigenvalue weighted by Crippen LogP contribution is 2.31. The Kier molecular flexibility index (Phi) is 5.09. The Balaban J connectivity index is 1.61. The zero-order valence-electron chi connectivity index (χ0n) is 14.8. The van der Waals surface area contributed by atoms with Crippen molar-refractivity contribution in [1.82, 2.24) is 20.3 Å². The quantitative estimate of drug-likeness (QED) is 0.673. The van der Waals surface area contributed by atoms with Gasteiger partial charge in [-0.25, -0.2) is 15.0 Å². The van der Waals surface area contributed by atoms with E-state index in [0.717, 1.165) is 21.5 Å². The molecule has 0 atom stereocenters. The number of rotatable bonds is 5. The van der Waals surface area contributed by atoms with Crippen molar-refractivity contribution in [2.45, 2.75) is 20.8 Å². The number of aromatic nitrogens is 3. The van der Waals surface area contributed by atoms with Crippen LogP contribution in [0, 0.1) is 32.1 Å². The van der Waals surface area contributed by atoms with Gasteiger partial charge < -0.3 is 10.6 Å². The Morgan fingerprint density at radius 3 is 2.73 bits per heavy atom. The van der Waals surface area contributed by atoms with Gasteiger partial charge in [-0.05, 0) is 38.5 Å². The third-order valence-corrected chi connectivity index (χ3v) is 5.08. The molecule has 0 aliphatic rings. The van der Waals surface area contributed by atoms with Crippen molar-refractivity contribution in [3.63, 3.8) is 0 Å². The predicted molar refractivity (Wildman–Crippen MR) is 101 cm³/mol. The summed E-state index contributed by atoms with van der Waals surface area (Å²) in [5.41, 5.74) is 2.33. The van der Waals surface area contributed by atoms with Crippen molar-refractivity contribution in [2.24, 2.45) is 0 Å². The summed E-state index contributed by atoms with van der Waals surface area (Å²) in [6.45, 7) is 6.71. The number of nitrogens with one attached hydrogen (secondary N) is 2. The van der Waals surface area contributed by atoms with Crippen molar-refractivity contribution in [1.29, 1.82) is 5.26 Å². The smallest absolute Gasteiger partial charge is 0.261 e. The maximum absolute atomic E-state index is 12.5. The summed E-state index contributed by atoms with van der Waals surface area (Å²) < 4.78 is 0. The molecule has 8 heteroatoms. The molecule has 0 spiro atoms. The van der Waals surface area contributed by atoms with Crippen LogP contribution in [-0.2, 0) is 0 Å². The highest BCUT2D eigenvalue weighted by Gasteiger charge is 2.18. The molecule has 3 aromatic heterocycles. The number of hydrogen-bond donors (Lipinski definition) is 2. The molecule has 1 amide bonds. The van der Waals surface area contributed by atoms with Crippen LogP contribution in [0.25, 0.3) is 10.2 Å². The number of hydrogen-bond acceptors (Lipinski definition) is 7. The zero-order chi connectivity index (χ0) is 18.7. The normalized spacial score (nSPS) is 10.5. The second-order valence-electron chi connectivity index (χ2n) is 5.82. The van der Waals surface area contributed by atoms with Crippen molar-refractivity contribution in [3.05, 3.63) is 45.9 Å². The molecule has 132 valence electrons. The van der Waals surface area contributed by atoms with Gasteiger partial charge in [0, 0.05) is 30.4 Å². The van der Waals surface area contributed by atoms with Crippen molar-refractivity contribution < 1.29 is 4.79 Å². The minimum Gasteiger partial charge on any atom is -0.368 e. The van der Waals surface area contributed by atoms with Gasteiger partial charge in [-0.2, -0.15) is 5.26 Å². The lowest BCUT2D eigenvalue weighted by atomic mass is 10.1. The molecule has 2 N–H and O–H groups in total. The molecule has 0 fully saturated rings. The molecular formula is C18H18N6OS. The van der Waals surface area contributed by atoms with Gasteiger partial charge in [0.1, 0.15) is 22.5 Å². The summed E-state index contributed by atoms with van der Waals surface area (Å²) in [6, 6.07) is 5.45. The average molecular weight is 366 g/mol. The zero-order valence-corrected chi connectivity index (χ0v) is 15.6. The number of carbonyl (C=O) groups is 1. The van der Waals surface area contributed by atoms with Gasteiger partial charge in [-0.1, -0.05) is 0 Å². The van der Waals surface area contributed by atoms with Crippen LogP contribution in [0.2, 0.25) is 0 Å². The molecule has 0 unspecified atom stereocenters. The third kappa shape index (κ3) is 3.63. The summed E-state index contributed by atoms with van der Waals surface area (Å²) >= 11 is 1.39. The number of carbonyl (C=O) groups excluding carboxylic acids is 1. The Morgan fingerprint density at radius 2 is 2.04 bits per heavy atom. The monoisotopic (exact) mass is 366 g/mol. The number of aryl methyl sites for hydroxylation is 3. The van der Waals surface area contributed by atoms with Crippen LogP contribution in [0.1, 0.15) is 32.3 Å². The number of nitriles is 1. The van der Waals surface area contributed by atoms with Gasteiger partial charge in [-0.3, -0.25) is 4.79 Å². The van der Waals surface area contributed by atoms with Gasteiger partial charge >= 0.3 is 0 Å².